The van der Waals surface area contributed by atoms with Gasteiger partial charge in [-0.15, -0.1) is 6.58 Å². The molecule has 0 N–H and O–H groups in total. The minimum absolute atomic E-state index is 0.863. The van der Waals surface area contributed by atoms with E-state index in [-0.39, 0.29) is 0 Å². The first-order chi connectivity index (χ1) is 6.90. The van der Waals surface area contributed by atoms with Crippen molar-refractivity contribution in [2.45, 2.75) is 19.3 Å². The third kappa shape index (κ3) is 1.95. The van der Waals surface area contributed by atoms with E-state index in [1.807, 2.05) is 12.3 Å². The number of nitrogens with zero attached hydrogens (tertiary/aromatic N) is 2. The topological polar surface area (TPSA) is 16.1 Å². The van der Waals surface area contributed by atoms with Gasteiger partial charge in [0.25, 0.3) is 0 Å². The van der Waals surface area contributed by atoms with Crippen LogP contribution in [-0.4, -0.2) is 18.1 Å². The van der Waals surface area contributed by atoms with Crippen molar-refractivity contribution in [2.75, 3.05) is 18.0 Å². The fourth-order valence-corrected chi connectivity index (χ4v) is 1.90. The molecule has 0 aromatic carbocycles. The summed E-state index contributed by atoms with van der Waals surface area (Å²) in [7, 11) is 0. The normalized spacial score (nSPS) is 15.9. The highest BCUT2D eigenvalue weighted by atomic mass is 15.1. The van der Waals surface area contributed by atoms with Crippen LogP contribution in [0.3, 0.4) is 0 Å². The predicted molar refractivity (Wildman–Crippen MR) is 59.6 cm³/mol. The van der Waals surface area contributed by atoms with Crippen molar-refractivity contribution < 1.29 is 0 Å². The summed E-state index contributed by atoms with van der Waals surface area (Å²) in [5.74, 6) is 0. The summed E-state index contributed by atoms with van der Waals surface area (Å²) < 4.78 is 0. The van der Waals surface area contributed by atoms with Crippen LogP contribution in [0, 0.1) is 0 Å². The molecule has 0 bridgehead atoms. The SMILES string of the molecule is C=CCc1cc(N2CCCC2)ccn1. The van der Waals surface area contributed by atoms with Gasteiger partial charge in [0.15, 0.2) is 0 Å². The van der Waals surface area contributed by atoms with Gasteiger partial charge in [0.05, 0.1) is 0 Å². The fourth-order valence-electron chi connectivity index (χ4n) is 1.90. The van der Waals surface area contributed by atoms with Crippen molar-refractivity contribution in [3.63, 3.8) is 0 Å². The molecule has 1 aliphatic heterocycles. The van der Waals surface area contributed by atoms with Crippen molar-refractivity contribution in [1.82, 2.24) is 4.98 Å². The highest BCUT2D eigenvalue weighted by Crippen LogP contribution is 2.20. The van der Waals surface area contributed by atoms with Crippen LogP contribution in [0.15, 0.2) is 31.0 Å². The standard InChI is InChI=1S/C12H16N2/c1-2-5-11-10-12(6-7-13-11)14-8-3-4-9-14/h2,6-7,10H,1,3-5,8-9H2. The van der Waals surface area contributed by atoms with Crippen LogP contribution in [0.25, 0.3) is 0 Å². The Kier molecular flexibility index (Phi) is 2.82. The van der Waals surface area contributed by atoms with Gasteiger partial charge < -0.3 is 4.90 Å². The van der Waals surface area contributed by atoms with E-state index in [1.165, 1.54) is 31.6 Å². The van der Waals surface area contributed by atoms with Gasteiger partial charge in [0.2, 0.25) is 0 Å². The molecule has 1 aromatic heterocycles. The van der Waals surface area contributed by atoms with Crippen LogP contribution in [0.1, 0.15) is 18.5 Å². The molecule has 1 fully saturated rings. The number of hydrogen-bond donors (Lipinski definition) is 0. The minimum Gasteiger partial charge on any atom is -0.371 e. The molecule has 0 saturated carbocycles. The van der Waals surface area contributed by atoms with E-state index in [9.17, 15) is 0 Å². The van der Waals surface area contributed by atoms with Gasteiger partial charge in [-0.25, -0.2) is 0 Å². The molecule has 2 nitrogen and oxygen atoms in total. The van der Waals surface area contributed by atoms with Gasteiger partial charge in [-0.1, -0.05) is 6.08 Å². The molecule has 2 heterocycles. The summed E-state index contributed by atoms with van der Waals surface area (Å²) in [5.41, 5.74) is 2.43. The molecule has 74 valence electrons. The highest BCUT2D eigenvalue weighted by molar-refractivity contribution is 5.47. The Balaban J connectivity index is 2.16. The molecule has 2 rings (SSSR count). The fraction of sp³-hybridized carbons (Fsp3) is 0.417. The Bertz CT molecular complexity index is 314. The number of allylic oxidation sites excluding steroid dienone is 1. The molecule has 0 aliphatic carbocycles. The molecule has 0 radical (unpaired) electrons. The maximum Gasteiger partial charge on any atom is 0.0461 e. The second-order valence-corrected chi connectivity index (χ2v) is 3.69. The molecule has 1 saturated heterocycles. The average Bonchev–Trinajstić information content (AvgIpc) is 2.71. The van der Waals surface area contributed by atoms with Crippen LogP contribution in [0.4, 0.5) is 5.69 Å². The van der Waals surface area contributed by atoms with Gasteiger partial charge in [-0.3, -0.25) is 4.98 Å². The lowest BCUT2D eigenvalue weighted by Gasteiger charge is -2.17. The van der Waals surface area contributed by atoms with Crippen LogP contribution in [-0.2, 0) is 6.42 Å². The van der Waals surface area contributed by atoms with Gasteiger partial charge in [0.1, 0.15) is 0 Å². The minimum atomic E-state index is 0.863. The van der Waals surface area contributed by atoms with Gasteiger partial charge in [-0.05, 0) is 25.0 Å². The maximum atomic E-state index is 4.30. The number of pyridine rings is 1. The monoisotopic (exact) mass is 188 g/mol. The molecule has 0 unspecified atom stereocenters. The highest BCUT2D eigenvalue weighted by Gasteiger charge is 2.12. The van der Waals surface area contributed by atoms with Gasteiger partial charge >= 0.3 is 0 Å². The summed E-state index contributed by atoms with van der Waals surface area (Å²) in [5, 5.41) is 0. The van der Waals surface area contributed by atoms with Crippen molar-refractivity contribution in [3.05, 3.63) is 36.7 Å². The summed E-state index contributed by atoms with van der Waals surface area (Å²) >= 11 is 0. The molecule has 0 spiro atoms. The molecule has 1 aromatic rings. The zero-order valence-corrected chi connectivity index (χ0v) is 8.45. The van der Waals surface area contributed by atoms with E-state index in [0.717, 1.165) is 12.1 Å². The molecular formula is C12H16N2. The molecule has 0 amide bonds. The first kappa shape index (κ1) is 9.25. The number of anilines is 1. The predicted octanol–water partition coefficient (Wildman–Crippen LogP) is 2.41. The van der Waals surface area contributed by atoms with E-state index >= 15 is 0 Å². The average molecular weight is 188 g/mol. The number of hydrogen-bond acceptors (Lipinski definition) is 2. The first-order valence-corrected chi connectivity index (χ1v) is 5.21. The van der Waals surface area contributed by atoms with Crippen molar-refractivity contribution in [3.8, 4) is 0 Å². The summed E-state index contributed by atoms with van der Waals surface area (Å²) in [6.45, 7) is 6.11. The summed E-state index contributed by atoms with van der Waals surface area (Å²) in [4.78, 5) is 6.73. The van der Waals surface area contributed by atoms with Crippen LogP contribution in [0.5, 0.6) is 0 Å². The van der Waals surface area contributed by atoms with E-state index in [0.29, 0.717) is 0 Å². The quantitative estimate of drug-likeness (QED) is 0.677. The van der Waals surface area contributed by atoms with E-state index < -0.39 is 0 Å². The third-order valence-corrected chi connectivity index (χ3v) is 2.62. The molecule has 1 aliphatic rings. The lowest BCUT2D eigenvalue weighted by Crippen LogP contribution is -2.17. The third-order valence-electron chi connectivity index (χ3n) is 2.62. The second kappa shape index (κ2) is 4.27. The van der Waals surface area contributed by atoms with Crippen molar-refractivity contribution in [2.24, 2.45) is 0 Å². The first-order valence-electron chi connectivity index (χ1n) is 5.21. The Morgan fingerprint density at radius 2 is 2.21 bits per heavy atom. The zero-order valence-electron chi connectivity index (χ0n) is 8.45. The molecule has 14 heavy (non-hydrogen) atoms. The van der Waals surface area contributed by atoms with Crippen LogP contribution in [0.2, 0.25) is 0 Å². The Labute approximate surface area is 85.3 Å². The molecule has 0 atom stereocenters. The summed E-state index contributed by atoms with van der Waals surface area (Å²) in [6.07, 6.45) is 7.29. The lowest BCUT2D eigenvalue weighted by molar-refractivity contribution is 0.949. The zero-order chi connectivity index (χ0) is 9.80. The lowest BCUT2D eigenvalue weighted by atomic mass is 10.2. The van der Waals surface area contributed by atoms with Crippen molar-refractivity contribution in [1.29, 1.82) is 0 Å². The second-order valence-electron chi connectivity index (χ2n) is 3.69. The molecular weight excluding hydrogens is 172 g/mol. The Morgan fingerprint density at radius 1 is 1.43 bits per heavy atom. The van der Waals surface area contributed by atoms with Crippen LogP contribution < -0.4 is 4.90 Å². The number of aromatic nitrogens is 1. The Morgan fingerprint density at radius 3 is 2.93 bits per heavy atom. The van der Waals surface area contributed by atoms with E-state index in [4.69, 9.17) is 0 Å². The maximum absolute atomic E-state index is 4.30. The smallest absolute Gasteiger partial charge is 0.0461 e. The Hall–Kier alpha value is -1.31. The van der Waals surface area contributed by atoms with Gasteiger partial charge in [-0.2, -0.15) is 0 Å². The largest absolute Gasteiger partial charge is 0.371 e. The van der Waals surface area contributed by atoms with Crippen LogP contribution >= 0.6 is 0 Å². The number of rotatable bonds is 3. The van der Waals surface area contributed by atoms with Crippen molar-refractivity contribution >= 4 is 5.69 Å². The van der Waals surface area contributed by atoms with E-state index in [1.54, 1.807) is 0 Å². The molecule has 2 heteroatoms. The summed E-state index contributed by atoms with van der Waals surface area (Å²) in [6, 6.07) is 4.27. The van der Waals surface area contributed by atoms with Gasteiger partial charge in [0, 0.05) is 37.1 Å². The van der Waals surface area contributed by atoms with E-state index in [2.05, 4.69) is 28.6 Å².